The van der Waals surface area contributed by atoms with Crippen LogP contribution >= 0.6 is 0 Å². The molecule has 2 aromatic rings. The smallest absolute Gasteiger partial charge is 0.254 e. The van der Waals surface area contributed by atoms with E-state index in [2.05, 4.69) is 4.90 Å². The lowest BCUT2D eigenvalue weighted by atomic mass is 10.1. The monoisotopic (exact) mass is 342 g/mol. The molecule has 0 saturated carbocycles. The predicted molar refractivity (Wildman–Crippen MR) is 95.4 cm³/mol. The summed E-state index contributed by atoms with van der Waals surface area (Å²) >= 11 is 0. The molecular formula is C20H23FN2O2. The zero-order valence-electron chi connectivity index (χ0n) is 14.5. The van der Waals surface area contributed by atoms with Crippen LogP contribution in [0.15, 0.2) is 48.5 Å². The van der Waals surface area contributed by atoms with Crippen LogP contribution in [0, 0.1) is 12.7 Å². The van der Waals surface area contributed by atoms with Crippen LogP contribution in [0.4, 0.5) is 4.39 Å². The average Bonchev–Trinajstić information content (AvgIpc) is 2.64. The zero-order chi connectivity index (χ0) is 17.6. The summed E-state index contributed by atoms with van der Waals surface area (Å²) in [5, 5.41) is 0. The first-order valence-corrected chi connectivity index (χ1v) is 8.60. The third kappa shape index (κ3) is 4.37. The number of nitrogens with zero attached hydrogens (tertiary/aromatic N) is 2. The molecule has 0 spiro atoms. The van der Waals surface area contributed by atoms with E-state index in [0.717, 1.165) is 30.8 Å². The molecule has 4 nitrogen and oxygen atoms in total. The summed E-state index contributed by atoms with van der Waals surface area (Å²) in [7, 11) is 0. The van der Waals surface area contributed by atoms with Crippen LogP contribution in [-0.2, 0) is 0 Å². The molecule has 1 amide bonds. The Hall–Kier alpha value is -2.40. The highest BCUT2D eigenvalue weighted by atomic mass is 19.1. The number of amides is 1. The number of aryl methyl sites for hydroxylation is 1. The highest BCUT2D eigenvalue weighted by Gasteiger charge is 2.22. The maximum absolute atomic E-state index is 13.5. The molecule has 132 valence electrons. The largest absolute Gasteiger partial charge is 0.489 e. The quantitative estimate of drug-likeness (QED) is 0.837. The van der Waals surface area contributed by atoms with E-state index in [1.165, 1.54) is 6.07 Å². The number of rotatable bonds is 5. The van der Waals surface area contributed by atoms with Gasteiger partial charge in [-0.3, -0.25) is 9.69 Å². The second kappa shape index (κ2) is 8.12. The Bertz CT molecular complexity index is 727. The standard InChI is InChI=1S/C20H23FN2O2/c1-16-6-2-3-7-17(16)20(24)23-12-10-22(11-13-23)14-15-25-19-9-5-4-8-18(19)21/h2-9H,10-15H2,1H3. The summed E-state index contributed by atoms with van der Waals surface area (Å²) in [6.45, 7) is 6.13. The molecule has 1 saturated heterocycles. The van der Waals surface area contributed by atoms with Gasteiger partial charge in [-0.2, -0.15) is 0 Å². The van der Waals surface area contributed by atoms with Crippen LogP contribution < -0.4 is 4.74 Å². The van der Waals surface area contributed by atoms with Crippen LogP contribution in [0.3, 0.4) is 0 Å². The molecule has 25 heavy (non-hydrogen) atoms. The Morgan fingerprint density at radius 3 is 2.44 bits per heavy atom. The third-order valence-electron chi connectivity index (χ3n) is 4.54. The molecule has 0 atom stereocenters. The van der Waals surface area contributed by atoms with Gasteiger partial charge in [0.1, 0.15) is 6.61 Å². The number of halogens is 1. The maximum atomic E-state index is 13.5. The van der Waals surface area contributed by atoms with E-state index < -0.39 is 0 Å². The lowest BCUT2D eigenvalue weighted by molar-refractivity contribution is 0.0618. The fourth-order valence-corrected chi connectivity index (χ4v) is 3.00. The number of hydrogen-bond donors (Lipinski definition) is 0. The van der Waals surface area contributed by atoms with Crippen molar-refractivity contribution in [3.63, 3.8) is 0 Å². The first-order valence-electron chi connectivity index (χ1n) is 8.60. The average molecular weight is 342 g/mol. The van der Waals surface area contributed by atoms with Gasteiger partial charge in [0.15, 0.2) is 11.6 Å². The van der Waals surface area contributed by atoms with Gasteiger partial charge in [-0.15, -0.1) is 0 Å². The molecule has 0 bridgehead atoms. The van der Waals surface area contributed by atoms with Crippen molar-refractivity contribution < 1.29 is 13.9 Å². The minimum atomic E-state index is -0.337. The van der Waals surface area contributed by atoms with Gasteiger partial charge in [-0.25, -0.2) is 4.39 Å². The Labute approximate surface area is 147 Å². The van der Waals surface area contributed by atoms with Gasteiger partial charge in [-0.1, -0.05) is 30.3 Å². The van der Waals surface area contributed by atoms with E-state index in [0.29, 0.717) is 19.7 Å². The second-order valence-corrected chi connectivity index (χ2v) is 6.23. The Kier molecular flexibility index (Phi) is 5.66. The molecule has 5 heteroatoms. The Morgan fingerprint density at radius 1 is 1.04 bits per heavy atom. The van der Waals surface area contributed by atoms with Crippen molar-refractivity contribution in [2.24, 2.45) is 0 Å². The van der Waals surface area contributed by atoms with Crippen LogP contribution in [0.5, 0.6) is 5.75 Å². The molecule has 0 N–H and O–H groups in total. The minimum Gasteiger partial charge on any atom is -0.489 e. The Balaban J connectivity index is 1.45. The lowest BCUT2D eigenvalue weighted by Gasteiger charge is -2.34. The summed E-state index contributed by atoms with van der Waals surface area (Å²) in [5.74, 6) is 0.0485. The van der Waals surface area contributed by atoms with Crippen molar-refractivity contribution in [2.75, 3.05) is 39.3 Å². The van der Waals surface area contributed by atoms with E-state index in [9.17, 15) is 9.18 Å². The lowest BCUT2D eigenvalue weighted by Crippen LogP contribution is -2.49. The fourth-order valence-electron chi connectivity index (χ4n) is 3.00. The van der Waals surface area contributed by atoms with Crippen molar-refractivity contribution in [3.05, 3.63) is 65.5 Å². The molecule has 0 radical (unpaired) electrons. The van der Waals surface area contributed by atoms with Gasteiger partial charge >= 0.3 is 0 Å². The van der Waals surface area contributed by atoms with E-state index in [1.807, 2.05) is 36.1 Å². The maximum Gasteiger partial charge on any atom is 0.254 e. The molecule has 1 aliphatic rings. The molecule has 1 heterocycles. The molecular weight excluding hydrogens is 319 g/mol. The molecule has 1 aliphatic heterocycles. The molecule has 2 aromatic carbocycles. The molecule has 0 aliphatic carbocycles. The van der Waals surface area contributed by atoms with Gasteiger partial charge in [-0.05, 0) is 30.7 Å². The van der Waals surface area contributed by atoms with Gasteiger partial charge < -0.3 is 9.64 Å². The van der Waals surface area contributed by atoms with Crippen molar-refractivity contribution >= 4 is 5.91 Å². The molecule has 3 rings (SSSR count). The van der Waals surface area contributed by atoms with Gasteiger partial charge in [0.2, 0.25) is 0 Å². The first kappa shape index (κ1) is 17.4. The van der Waals surface area contributed by atoms with Crippen molar-refractivity contribution in [1.29, 1.82) is 0 Å². The van der Waals surface area contributed by atoms with Crippen molar-refractivity contribution in [2.45, 2.75) is 6.92 Å². The van der Waals surface area contributed by atoms with E-state index in [1.54, 1.807) is 18.2 Å². The number of carbonyl (C=O) groups excluding carboxylic acids is 1. The van der Waals surface area contributed by atoms with E-state index in [-0.39, 0.29) is 17.5 Å². The van der Waals surface area contributed by atoms with Crippen molar-refractivity contribution in [3.8, 4) is 5.75 Å². The van der Waals surface area contributed by atoms with Gasteiger partial charge in [0.05, 0.1) is 0 Å². The normalized spacial score (nSPS) is 15.2. The minimum absolute atomic E-state index is 0.0976. The zero-order valence-corrected chi connectivity index (χ0v) is 14.5. The molecule has 0 unspecified atom stereocenters. The van der Waals surface area contributed by atoms with E-state index in [4.69, 9.17) is 4.74 Å². The highest BCUT2D eigenvalue weighted by molar-refractivity contribution is 5.95. The summed E-state index contributed by atoms with van der Waals surface area (Å²) in [6, 6.07) is 14.1. The number of benzene rings is 2. The first-order chi connectivity index (χ1) is 12.1. The number of piperazine rings is 1. The van der Waals surface area contributed by atoms with E-state index >= 15 is 0 Å². The van der Waals surface area contributed by atoms with Gasteiger partial charge in [0.25, 0.3) is 5.91 Å². The number of carbonyl (C=O) groups is 1. The number of ether oxygens (including phenoxy) is 1. The summed E-state index contributed by atoms with van der Waals surface area (Å²) in [5.41, 5.74) is 1.78. The number of para-hydroxylation sites is 1. The van der Waals surface area contributed by atoms with Crippen molar-refractivity contribution in [1.82, 2.24) is 9.80 Å². The van der Waals surface area contributed by atoms with Crippen LogP contribution in [0.25, 0.3) is 0 Å². The molecule has 0 aromatic heterocycles. The summed E-state index contributed by atoms with van der Waals surface area (Å²) in [4.78, 5) is 16.7. The van der Waals surface area contributed by atoms with Crippen LogP contribution in [0.1, 0.15) is 15.9 Å². The SMILES string of the molecule is Cc1ccccc1C(=O)N1CCN(CCOc2ccccc2F)CC1. The van der Waals surface area contributed by atoms with Gasteiger partial charge in [0, 0.05) is 38.3 Å². The van der Waals surface area contributed by atoms with Crippen LogP contribution in [-0.4, -0.2) is 55.0 Å². The fraction of sp³-hybridized carbons (Fsp3) is 0.350. The molecule has 1 fully saturated rings. The predicted octanol–water partition coefficient (Wildman–Crippen LogP) is 2.97. The summed E-state index contributed by atoms with van der Waals surface area (Å²) < 4.78 is 19.0. The highest BCUT2D eigenvalue weighted by Crippen LogP contribution is 2.16. The second-order valence-electron chi connectivity index (χ2n) is 6.23. The summed E-state index contributed by atoms with van der Waals surface area (Å²) in [6.07, 6.45) is 0. The third-order valence-corrected chi connectivity index (χ3v) is 4.54. The Morgan fingerprint density at radius 2 is 1.72 bits per heavy atom. The van der Waals surface area contributed by atoms with Crippen LogP contribution in [0.2, 0.25) is 0 Å². The topological polar surface area (TPSA) is 32.8 Å². The number of hydrogen-bond acceptors (Lipinski definition) is 3.